The molecule has 150 valence electrons. The SMILES string of the molecule is O=C(O)C(=O)N1C[C@@H]2C[C@H](C1)c1ccc(NC(=O)C3CCCCC3)c(=O)n1C2. The van der Waals surface area contributed by atoms with E-state index in [9.17, 15) is 19.2 Å². The Labute approximate surface area is 162 Å². The first kappa shape index (κ1) is 18.7. The van der Waals surface area contributed by atoms with Gasteiger partial charge in [-0.1, -0.05) is 19.3 Å². The van der Waals surface area contributed by atoms with Crippen LogP contribution in [0, 0.1) is 11.8 Å². The van der Waals surface area contributed by atoms with Gasteiger partial charge in [0.05, 0.1) is 0 Å². The highest BCUT2D eigenvalue weighted by atomic mass is 16.4. The molecule has 1 saturated carbocycles. The minimum absolute atomic E-state index is 0.0239. The van der Waals surface area contributed by atoms with Gasteiger partial charge in [0.15, 0.2) is 0 Å². The molecule has 28 heavy (non-hydrogen) atoms. The number of anilines is 1. The van der Waals surface area contributed by atoms with E-state index in [1.807, 2.05) is 6.07 Å². The highest BCUT2D eigenvalue weighted by molar-refractivity contribution is 6.31. The predicted molar refractivity (Wildman–Crippen MR) is 101 cm³/mol. The van der Waals surface area contributed by atoms with Gasteiger partial charge in [-0.25, -0.2) is 4.79 Å². The number of hydrogen-bond acceptors (Lipinski definition) is 4. The molecule has 8 heteroatoms. The van der Waals surface area contributed by atoms with Crippen LogP contribution in [0.1, 0.15) is 50.1 Å². The third-order valence-electron chi connectivity index (χ3n) is 6.31. The number of likely N-dealkylation sites (tertiary alicyclic amines) is 1. The molecule has 1 aliphatic carbocycles. The first-order valence-corrected chi connectivity index (χ1v) is 10.0. The van der Waals surface area contributed by atoms with E-state index >= 15 is 0 Å². The molecule has 1 aromatic heterocycles. The second-order valence-electron chi connectivity index (χ2n) is 8.23. The van der Waals surface area contributed by atoms with Crippen molar-refractivity contribution in [2.45, 2.75) is 51.0 Å². The van der Waals surface area contributed by atoms with Crippen molar-refractivity contribution in [3.63, 3.8) is 0 Å². The summed E-state index contributed by atoms with van der Waals surface area (Å²) in [5.74, 6) is -2.46. The fourth-order valence-corrected chi connectivity index (χ4v) is 4.94. The second kappa shape index (κ2) is 7.41. The molecule has 0 radical (unpaired) electrons. The van der Waals surface area contributed by atoms with E-state index < -0.39 is 11.9 Å². The zero-order chi connectivity index (χ0) is 19.8. The maximum atomic E-state index is 13.0. The topological polar surface area (TPSA) is 109 Å². The molecule has 2 amide bonds. The van der Waals surface area contributed by atoms with E-state index in [0.29, 0.717) is 25.3 Å². The molecule has 2 aliphatic heterocycles. The van der Waals surface area contributed by atoms with Crippen molar-refractivity contribution in [3.8, 4) is 0 Å². The van der Waals surface area contributed by atoms with Gasteiger partial charge in [-0.2, -0.15) is 0 Å². The van der Waals surface area contributed by atoms with Crippen LogP contribution in [-0.2, 0) is 20.9 Å². The Bertz CT molecular complexity index is 871. The van der Waals surface area contributed by atoms with Gasteiger partial charge in [0, 0.05) is 37.2 Å². The number of piperidine rings is 1. The molecule has 3 heterocycles. The van der Waals surface area contributed by atoms with E-state index in [1.165, 1.54) is 4.90 Å². The van der Waals surface area contributed by atoms with Crippen LogP contribution >= 0.6 is 0 Å². The molecule has 0 unspecified atom stereocenters. The van der Waals surface area contributed by atoms with Gasteiger partial charge in [0.2, 0.25) is 5.91 Å². The molecule has 1 saturated heterocycles. The van der Waals surface area contributed by atoms with Crippen molar-refractivity contribution >= 4 is 23.5 Å². The summed E-state index contributed by atoms with van der Waals surface area (Å²) in [5.41, 5.74) is 0.895. The largest absolute Gasteiger partial charge is 0.474 e. The fourth-order valence-electron chi connectivity index (χ4n) is 4.94. The van der Waals surface area contributed by atoms with Gasteiger partial charge >= 0.3 is 11.9 Å². The Morgan fingerprint density at radius 3 is 2.50 bits per heavy atom. The van der Waals surface area contributed by atoms with E-state index in [-0.39, 0.29) is 29.2 Å². The zero-order valence-electron chi connectivity index (χ0n) is 15.7. The molecule has 2 atom stereocenters. The number of carbonyl (C=O) groups excluding carboxylic acids is 2. The Morgan fingerprint density at radius 1 is 1.04 bits per heavy atom. The number of nitrogens with zero attached hydrogens (tertiary/aromatic N) is 2. The molecule has 4 rings (SSSR count). The number of carbonyl (C=O) groups is 3. The quantitative estimate of drug-likeness (QED) is 0.746. The van der Waals surface area contributed by atoms with Crippen molar-refractivity contribution in [2.75, 3.05) is 18.4 Å². The number of rotatable bonds is 2. The number of carboxylic acid groups (broad SMARTS) is 1. The normalized spacial score (nSPS) is 24.4. The average Bonchev–Trinajstić information content (AvgIpc) is 2.70. The molecule has 0 aromatic carbocycles. The summed E-state index contributed by atoms with van der Waals surface area (Å²) >= 11 is 0. The Morgan fingerprint density at radius 2 is 1.79 bits per heavy atom. The number of aliphatic carboxylic acids is 1. The van der Waals surface area contributed by atoms with Crippen molar-refractivity contribution in [1.29, 1.82) is 0 Å². The maximum Gasteiger partial charge on any atom is 0.394 e. The zero-order valence-corrected chi connectivity index (χ0v) is 15.7. The summed E-state index contributed by atoms with van der Waals surface area (Å²) in [7, 11) is 0. The minimum atomic E-state index is -1.45. The highest BCUT2D eigenvalue weighted by Crippen LogP contribution is 2.35. The summed E-state index contributed by atoms with van der Waals surface area (Å²) in [6.07, 6.45) is 5.84. The molecule has 8 nitrogen and oxygen atoms in total. The number of nitrogens with one attached hydrogen (secondary N) is 1. The van der Waals surface area contributed by atoms with E-state index in [2.05, 4.69) is 5.32 Å². The first-order chi connectivity index (χ1) is 13.4. The van der Waals surface area contributed by atoms with Crippen molar-refractivity contribution in [2.24, 2.45) is 11.8 Å². The fraction of sp³-hybridized carbons (Fsp3) is 0.600. The van der Waals surface area contributed by atoms with Crippen LogP contribution in [0.2, 0.25) is 0 Å². The molecule has 2 N–H and O–H groups in total. The summed E-state index contributed by atoms with van der Waals surface area (Å²) in [5, 5.41) is 11.8. The summed E-state index contributed by atoms with van der Waals surface area (Å²) in [6, 6.07) is 3.47. The molecule has 2 bridgehead atoms. The predicted octanol–water partition coefficient (Wildman–Crippen LogP) is 1.40. The maximum absolute atomic E-state index is 13.0. The van der Waals surface area contributed by atoms with Gasteiger partial charge in [-0.15, -0.1) is 0 Å². The standard InChI is InChI=1S/C20H25N3O5/c24-17(13-4-2-1-3-5-13)21-15-6-7-16-14-8-12(10-23(16)18(15)25)9-22(11-14)19(26)20(27)28/h6-7,12-14H,1-5,8-11H2,(H,21,24)(H,27,28)/t12-,14+/m0/s1. The van der Waals surface area contributed by atoms with Crippen LogP contribution in [0.3, 0.4) is 0 Å². The average molecular weight is 387 g/mol. The smallest absolute Gasteiger partial charge is 0.394 e. The Balaban J connectivity index is 1.54. The summed E-state index contributed by atoms with van der Waals surface area (Å²) in [4.78, 5) is 49.7. The van der Waals surface area contributed by atoms with E-state index in [4.69, 9.17) is 5.11 Å². The lowest BCUT2D eigenvalue weighted by Crippen LogP contribution is -2.51. The lowest BCUT2D eigenvalue weighted by molar-refractivity contribution is -0.157. The number of pyridine rings is 1. The summed E-state index contributed by atoms with van der Waals surface area (Å²) in [6.45, 7) is 1.07. The highest BCUT2D eigenvalue weighted by Gasteiger charge is 2.38. The molecule has 0 spiro atoms. The number of aromatic nitrogens is 1. The second-order valence-corrected chi connectivity index (χ2v) is 8.23. The van der Waals surface area contributed by atoms with Crippen LogP contribution in [0.4, 0.5) is 5.69 Å². The van der Waals surface area contributed by atoms with E-state index in [0.717, 1.165) is 44.2 Å². The van der Waals surface area contributed by atoms with Gasteiger partial charge in [-0.3, -0.25) is 14.4 Å². The Kier molecular flexibility index (Phi) is 4.95. The number of hydrogen-bond donors (Lipinski definition) is 2. The minimum Gasteiger partial charge on any atom is -0.474 e. The molecule has 3 aliphatic rings. The molecular weight excluding hydrogens is 362 g/mol. The van der Waals surface area contributed by atoms with Crippen LogP contribution in [0.5, 0.6) is 0 Å². The van der Waals surface area contributed by atoms with Crippen molar-refractivity contribution < 1.29 is 19.5 Å². The van der Waals surface area contributed by atoms with Gasteiger partial charge in [0.1, 0.15) is 5.69 Å². The number of carboxylic acids is 1. The molecule has 1 aromatic rings. The number of fused-ring (bicyclic) bond motifs is 4. The van der Waals surface area contributed by atoms with Gasteiger partial charge in [-0.05, 0) is 37.3 Å². The van der Waals surface area contributed by atoms with Crippen LogP contribution < -0.4 is 10.9 Å². The molecular formula is C20H25N3O5. The van der Waals surface area contributed by atoms with Crippen LogP contribution in [0.15, 0.2) is 16.9 Å². The van der Waals surface area contributed by atoms with E-state index in [1.54, 1.807) is 10.6 Å². The van der Waals surface area contributed by atoms with Crippen molar-refractivity contribution in [1.82, 2.24) is 9.47 Å². The third kappa shape index (κ3) is 3.43. The van der Waals surface area contributed by atoms with Crippen LogP contribution in [-0.4, -0.2) is 45.4 Å². The van der Waals surface area contributed by atoms with Gasteiger partial charge in [0.25, 0.3) is 5.56 Å². The van der Waals surface area contributed by atoms with Crippen LogP contribution in [0.25, 0.3) is 0 Å². The summed E-state index contributed by atoms with van der Waals surface area (Å²) < 4.78 is 1.69. The van der Waals surface area contributed by atoms with Crippen molar-refractivity contribution in [3.05, 3.63) is 28.2 Å². The monoisotopic (exact) mass is 387 g/mol. The van der Waals surface area contributed by atoms with Gasteiger partial charge < -0.3 is 19.9 Å². The third-order valence-corrected chi connectivity index (χ3v) is 6.31. The number of amides is 2. The Hall–Kier alpha value is -2.64. The first-order valence-electron chi connectivity index (χ1n) is 10.0. The lowest BCUT2D eigenvalue weighted by atomic mass is 9.83. The molecule has 2 fully saturated rings. The lowest BCUT2D eigenvalue weighted by Gasteiger charge is -2.42.